The Bertz CT molecular complexity index is 1990. The second-order valence-electron chi connectivity index (χ2n) is 10.6. The van der Waals surface area contributed by atoms with E-state index in [9.17, 15) is 4.39 Å². The summed E-state index contributed by atoms with van der Waals surface area (Å²) >= 11 is 1.80. The first kappa shape index (κ1) is 26.0. The fourth-order valence-corrected chi connectivity index (χ4v) is 6.66. The third kappa shape index (κ3) is 4.91. The van der Waals surface area contributed by atoms with Crippen molar-refractivity contribution in [2.24, 2.45) is 0 Å². The smallest absolute Gasteiger partial charge is 0.123 e. The second kappa shape index (κ2) is 10.8. The van der Waals surface area contributed by atoms with E-state index in [1.165, 1.54) is 49.0 Å². The molecule has 42 heavy (non-hydrogen) atoms. The van der Waals surface area contributed by atoms with Crippen molar-refractivity contribution >= 4 is 59.9 Å². The summed E-state index contributed by atoms with van der Waals surface area (Å²) in [6, 6.07) is 47.9. The Morgan fingerprint density at radius 2 is 1.00 bits per heavy atom. The van der Waals surface area contributed by atoms with E-state index < -0.39 is 0 Å². The van der Waals surface area contributed by atoms with Gasteiger partial charge in [-0.15, -0.1) is 11.3 Å². The number of aryl methyl sites for hydroxylation is 1. The summed E-state index contributed by atoms with van der Waals surface area (Å²) in [6.07, 6.45) is 0. The van der Waals surface area contributed by atoms with Gasteiger partial charge in [0, 0.05) is 55.7 Å². The highest BCUT2D eigenvalue weighted by molar-refractivity contribution is 7.25. The topological polar surface area (TPSA) is 6.48 Å². The highest BCUT2D eigenvalue weighted by atomic mass is 32.1. The molecule has 6 aromatic carbocycles. The molecule has 0 unspecified atom stereocenters. The normalized spacial score (nSPS) is 11.2. The maximum absolute atomic E-state index is 13.5. The number of para-hydroxylation sites is 1. The van der Waals surface area contributed by atoms with Gasteiger partial charge >= 0.3 is 0 Å². The number of rotatable bonds is 6. The molecule has 0 aliphatic heterocycles. The molecule has 0 radical (unpaired) electrons. The van der Waals surface area contributed by atoms with E-state index >= 15 is 0 Å². The van der Waals surface area contributed by atoms with E-state index in [4.69, 9.17) is 0 Å². The zero-order chi connectivity index (χ0) is 28.6. The number of hydrogen-bond acceptors (Lipinski definition) is 3. The third-order valence-corrected chi connectivity index (χ3v) is 8.94. The van der Waals surface area contributed by atoms with Gasteiger partial charge in [-0.3, -0.25) is 0 Å². The summed E-state index contributed by atoms with van der Waals surface area (Å²) in [6.45, 7) is 2.11. The van der Waals surface area contributed by atoms with Gasteiger partial charge in [-0.1, -0.05) is 72.3 Å². The van der Waals surface area contributed by atoms with Crippen LogP contribution in [-0.2, 0) is 0 Å². The lowest BCUT2D eigenvalue weighted by Gasteiger charge is -2.25. The van der Waals surface area contributed by atoms with Crippen LogP contribution >= 0.6 is 11.3 Å². The van der Waals surface area contributed by atoms with Crippen molar-refractivity contribution < 1.29 is 4.39 Å². The van der Waals surface area contributed by atoms with E-state index in [2.05, 4.69) is 132 Å². The van der Waals surface area contributed by atoms with Crippen LogP contribution in [0.25, 0.3) is 31.3 Å². The van der Waals surface area contributed by atoms with Crippen LogP contribution in [0.15, 0.2) is 140 Å². The van der Waals surface area contributed by atoms with Crippen molar-refractivity contribution in [3.63, 3.8) is 0 Å². The summed E-state index contributed by atoms with van der Waals surface area (Å²) in [5, 5.41) is 2.49. The minimum Gasteiger partial charge on any atom is -0.345 e. The lowest BCUT2D eigenvalue weighted by Crippen LogP contribution is -2.09. The first-order valence-electron chi connectivity index (χ1n) is 14.0. The van der Waals surface area contributed by atoms with E-state index in [1.54, 1.807) is 11.3 Å². The van der Waals surface area contributed by atoms with Crippen LogP contribution in [0.5, 0.6) is 0 Å². The molecule has 204 valence electrons. The Morgan fingerprint density at radius 3 is 1.64 bits per heavy atom. The molecule has 1 heterocycles. The second-order valence-corrected chi connectivity index (χ2v) is 11.7. The predicted octanol–water partition coefficient (Wildman–Crippen LogP) is 11.4. The molecule has 4 heteroatoms. The number of halogens is 1. The molecule has 0 amide bonds. The first-order chi connectivity index (χ1) is 20.5. The summed E-state index contributed by atoms with van der Waals surface area (Å²) in [4.78, 5) is 4.41. The number of anilines is 5. The monoisotopic (exact) mass is 564 g/mol. The van der Waals surface area contributed by atoms with Crippen LogP contribution < -0.4 is 9.80 Å². The molecule has 0 aliphatic carbocycles. The van der Waals surface area contributed by atoms with Crippen LogP contribution in [0.4, 0.5) is 32.8 Å². The Kier molecular flexibility index (Phi) is 6.69. The zero-order valence-corrected chi connectivity index (χ0v) is 24.3. The first-order valence-corrected chi connectivity index (χ1v) is 14.8. The fourth-order valence-electron chi connectivity index (χ4n) is 5.49. The number of fused-ring (bicyclic) bond motifs is 3. The van der Waals surface area contributed by atoms with E-state index in [0.29, 0.717) is 0 Å². The number of thiophene rings is 1. The number of benzene rings is 6. The standard InChI is InChI=1S/C38H29FN2S/c1-26-8-10-27(11-9-26)28-12-16-32(17-13-28)41(31-6-4-3-5-7-31)34-21-23-36-35-22-20-33(24-37(35)42-38(36)25-34)40(2)30-18-14-29(39)15-19-30/h3-25H,1-2H3. The Balaban J connectivity index is 1.27. The molecule has 0 aliphatic rings. The average Bonchev–Trinajstić information content (AvgIpc) is 3.40. The summed E-state index contributed by atoms with van der Waals surface area (Å²) < 4.78 is 15.9. The van der Waals surface area contributed by atoms with Gasteiger partial charge in [0.15, 0.2) is 0 Å². The van der Waals surface area contributed by atoms with Gasteiger partial charge < -0.3 is 9.80 Å². The highest BCUT2D eigenvalue weighted by Gasteiger charge is 2.15. The molecule has 0 saturated carbocycles. The molecule has 7 rings (SSSR count). The summed E-state index contributed by atoms with van der Waals surface area (Å²) in [7, 11) is 2.02. The highest BCUT2D eigenvalue weighted by Crippen LogP contribution is 2.42. The molecule has 0 spiro atoms. The lowest BCUT2D eigenvalue weighted by atomic mass is 10.0. The molecule has 0 fully saturated rings. The van der Waals surface area contributed by atoms with Gasteiger partial charge in [0.25, 0.3) is 0 Å². The van der Waals surface area contributed by atoms with Gasteiger partial charge in [-0.2, -0.15) is 0 Å². The molecule has 0 atom stereocenters. The van der Waals surface area contributed by atoms with Crippen molar-refractivity contribution in [3.8, 4) is 11.1 Å². The van der Waals surface area contributed by atoms with Crippen LogP contribution in [0.2, 0.25) is 0 Å². The third-order valence-electron chi connectivity index (χ3n) is 7.82. The van der Waals surface area contributed by atoms with Gasteiger partial charge in [-0.05, 0) is 90.8 Å². The maximum atomic E-state index is 13.5. The SMILES string of the molecule is Cc1ccc(-c2ccc(N(c3ccccc3)c3ccc4c(c3)sc3cc(N(C)c5ccc(F)cc5)ccc34)cc2)cc1. The van der Waals surface area contributed by atoms with Gasteiger partial charge in [0.1, 0.15) is 5.82 Å². The molecular weight excluding hydrogens is 535 g/mol. The Hall–Kier alpha value is -4.93. The molecular formula is C38H29FN2S. The molecule has 0 N–H and O–H groups in total. The van der Waals surface area contributed by atoms with Gasteiger partial charge in [0.05, 0.1) is 0 Å². The predicted molar refractivity (Wildman–Crippen MR) is 179 cm³/mol. The van der Waals surface area contributed by atoms with E-state index in [-0.39, 0.29) is 5.82 Å². The number of nitrogens with zero attached hydrogens (tertiary/aromatic N) is 2. The Labute approximate surface area is 249 Å². The van der Waals surface area contributed by atoms with Crippen molar-refractivity contribution in [3.05, 3.63) is 151 Å². The summed E-state index contributed by atoms with van der Waals surface area (Å²) in [5.74, 6) is -0.227. The molecule has 1 aromatic heterocycles. The lowest BCUT2D eigenvalue weighted by molar-refractivity contribution is 0.628. The van der Waals surface area contributed by atoms with Crippen LogP contribution in [-0.4, -0.2) is 7.05 Å². The zero-order valence-electron chi connectivity index (χ0n) is 23.5. The van der Waals surface area contributed by atoms with Crippen molar-refractivity contribution in [1.82, 2.24) is 0 Å². The van der Waals surface area contributed by atoms with Crippen molar-refractivity contribution in [2.75, 3.05) is 16.8 Å². The molecule has 2 nitrogen and oxygen atoms in total. The number of hydrogen-bond donors (Lipinski definition) is 0. The molecule has 0 bridgehead atoms. The maximum Gasteiger partial charge on any atom is 0.123 e. The molecule has 7 aromatic rings. The summed E-state index contributed by atoms with van der Waals surface area (Å²) in [5.41, 5.74) is 9.05. The fraction of sp³-hybridized carbons (Fsp3) is 0.0526. The average molecular weight is 565 g/mol. The quantitative estimate of drug-likeness (QED) is 0.198. The van der Waals surface area contributed by atoms with Crippen LogP contribution in [0.3, 0.4) is 0 Å². The van der Waals surface area contributed by atoms with Crippen molar-refractivity contribution in [2.45, 2.75) is 6.92 Å². The Morgan fingerprint density at radius 1 is 0.500 bits per heavy atom. The minimum atomic E-state index is -0.227. The van der Waals surface area contributed by atoms with Crippen molar-refractivity contribution in [1.29, 1.82) is 0 Å². The van der Waals surface area contributed by atoms with Crippen LogP contribution in [0.1, 0.15) is 5.56 Å². The molecule has 0 saturated heterocycles. The van der Waals surface area contributed by atoms with Crippen LogP contribution in [0, 0.1) is 12.7 Å². The van der Waals surface area contributed by atoms with Gasteiger partial charge in [0.2, 0.25) is 0 Å². The largest absolute Gasteiger partial charge is 0.345 e. The van der Waals surface area contributed by atoms with E-state index in [1.807, 2.05) is 19.2 Å². The van der Waals surface area contributed by atoms with Gasteiger partial charge in [-0.25, -0.2) is 4.39 Å². The van der Waals surface area contributed by atoms with E-state index in [0.717, 1.165) is 28.4 Å². The minimum absolute atomic E-state index is 0.227.